The maximum Gasteiger partial charge on any atom is 0.191 e. The molecule has 1 aliphatic rings. The van der Waals surface area contributed by atoms with E-state index >= 15 is 0 Å². The monoisotopic (exact) mass is 474 g/mol. The Morgan fingerprint density at radius 1 is 1.19 bits per heavy atom. The molecule has 0 aromatic heterocycles. The molecule has 5 nitrogen and oxygen atoms in total. The average molecular weight is 474 g/mol. The fourth-order valence-electron chi connectivity index (χ4n) is 3.02. The maximum atomic E-state index is 5.34. The molecule has 1 aromatic carbocycles. The molecule has 0 radical (unpaired) electrons. The molecular formula is C20H35IN4O. The second-order valence-corrected chi connectivity index (χ2v) is 6.74. The van der Waals surface area contributed by atoms with Crippen LogP contribution in [0.15, 0.2) is 29.3 Å². The van der Waals surface area contributed by atoms with Gasteiger partial charge >= 0.3 is 0 Å². The quantitative estimate of drug-likeness (QED) is 0.262. The topological polar surface area (TPSA) is 48.9 Å². The van der Waals surface area contributed by atoms with Crippen LogP contribution in [0.1, 0.15) is 38.7 Å². The minimum absolute atomic E-state index is 0. The van der Waals surface area contributed by atoms with Crippen molar-refractivity contribution in [3.63, 3.8) is 0 Å². The van der Waals surface area contributed by atoms with Gasteiger partial charge in [0, 0.05) is 52.1 Å². The molecule has 0 amide bonds. The average Bonchev–Trinajstić information content (AvgIpc) is 2.65. The fraction of sp³-hybridized carbons (Fsp3) is 0.650. The number of piperidine rings is 1. The summed E-state index contributed by atoms with van der Waals surface area (Å²) < 4.78 is 5.34. The lowest BCUT2D eigenvalue weighted by atomic mass is 9.99. The lowest BCUT2D eigenvalue weighted by molar-refractivity contribution is 0.145. The van der Waals surface area contributed by atoms with E-state index in [9.17, 15) is 0 Å². The molecule has 6 heteroatoms. The van der Waals surface area contributed by atoms with Crippen molar-refractivity contribution < 1.29 is 4.74 Å². The highest BCUT2D eigenvalue weighted by molar-refractivity contribution is 14.0. The molecule has 2 rings (SSSR count). The lowest BCUT2D eigenvalue weighted by Gasteiger charge is -2.32. The SMILES string of the molecule is CCOCCCNC(=NC)NCc1ccc(N2CCC(C)CC2)cc1.I. The van der Waals surface area contributed by atoms with Crippen LogP contribution in [0.5, 0.6) is 0 Å². The number of hydrogen-bond acceptors (Lipinski definition) is 3. The Hall–Kier alpha value is -1.02. The Morgan fingerprint density at radius 2 is 1.88 bits per heavy atom. The predicted molar refractivity (Wildman–Crippen MR) is 122 cm³/mol. The summed E-state index contributed by atoms with van der Waals surface area (Å²) in [7, 11) is 1.80. The van der Waals surface area contributed by atoms with Gasteiger partial charge in [-0.1, -0.05) is 19.1 Å². The van der Waals surface area contributed by atoms with E-state index in [-0.39, 0.29) is 24.0 Å². The van der Waals surface area contributed by atoms with Gasteiger partial charge in [-0.15, -0.1) is 24.0 Å². The summed E-state index contributed by atoms with van der Waals surface area (Å²) in [6.45, 7) is 9.94. The highest BCUT2D eigenvalue weighted by Crippen LogP contribution is 2.23. The standard InChI is InChI=1S/C20H34N4O.HI/c1-4-25-15-5-12-22-20(21-3)23-16-18-6-8-19(9-7-18)24-13-10-17(2)11-14-24;/h6-9,17H,4-5,10-16H2,1-3H3,(H2,21,22,23);1H. The van der Waals surface area contributed by atoms with Crippen molar-refractivity contribution in [2.24, 2.45) is 10.9 Å². The smallest absolute Gasteiger partial charge is 0.191 e. The molecule has 1 aliphatic heterocycles. The van der Waals surface area contributed by atoms with Crippen molar-refractivity contribution in [3.05, 3.63) is 29.8 Å². The number of halogens is 1. The number of rotatable bonds is 8. The summed E-state index contributed by atoms with van der Waals surface area (Å²) in [5.74, 6) is 1.71. The highest BCUT2D eigenvalue weighted by atomic mass is 127. The minimum Gasteiger partial charge on any atom is -0.382 e. The van der Waals surface area contributed by atoms with E-state index in [1.807, 2.05) is 6.92 Å². The van der Waals surface area contributed by atoms with Gasteiger partial charge in [-0.25, -0.2) is 0 Å². The van der Waals surface area contributed by atoms with Crippen molar-refractivity contribution in [1.82, 2.24) is 10.6 Å². The molecule has 0 spiro atoms. The lowest BCUT2D eigenvalue weighted by Crippen LogP contribution is -2.37. The zero-order valence-electron chi connectivity index (χ0n) is 16.5. The van der Waals surface area contributed by atoms with Gasteiger partial charge in [0.25, 0.3) is 0 Å². The Bertz CT molecular complexity index is 513. The molecule has 1 heterocycles. The van der Waals surface area contributed by atoms with Crippen molar-refractivity contribution in [2.75, 3.05) is 44.8 Å². The first-order valence-corrected chi connectivity index (χ1v) is 9.59. The van der Waals surface area contributed by atoms with Crippen molar-refractivity contribution in [1.29, 1.82) is 0 Å². The van der Waals surface area contributed by atoms with Crippen LogP contribution in [0.25, 0.3) is 0 Å². The molecule has 2 N–H and O–H groups in total. The van der Waals surface area contributed by atoms with E-state index in [2.05, 4.69) is 51.7 Å². The molecule has 1 saturated heterocycles. The van der Waals surface area contributed by atoms with Gasteiger partial charge in [-0.05, 0) is 49.8 Å². The first-order chi connectivity index (χ1) is 12.2. The highest BCUT2D eigenvalue weighted by Gasteiger charge is 2.15. The molecule has 1 aromatic rings. The third-order valence-electron chi connectivity index (χ3n) is 4.73. The number of nitrogens with zero attached hydrogens (tertiary/aromatic N) is 2. The van der Waals surface area contributed by atoms with Crippen LogP contribution in [0, 0.1) is 5.92 Å². The Balaban J connectivity index is 0.00000338. The first kappa shape index (κ1) is 23.0. The Kier molecular flexibility index (Phi) is 11.7. The number of ether oxygens (including phenoxy) is 1. The number of benzene rings is 1. The number of guanidine groups is 1. The Labute approximate surface area is 176 Å². The van der Waals surface area contributed by atoms with E-state index in [4.69, 9.17) is 4.74 Å². The zero-order chi connectivity index (χ0) is 17.9. The van der Waals surface area contributed by atoms with Crippen molar-refractivity contribution in [3.8, 4) is 0 Å². The molecule has 0 saturated carbocycles. The van der Waals surface area contributed by atoms with Gasteiger partial charge in [0.2, 0.25) is 0 Å². The molecule has 0 atom stereocenters. The summed E-state index contributed by atoms with van der Waals surface area (Å²) >= 11 is 0. The Morgan fingerprint density at radius 3 is 2.50 bits per heavy atom. The maximum absolute atomic E-state index is 5.34. The van der Waals surface area contributed by atoms with Crippen molar-refractivity contribution in [2.45, 2.75) is 39.7 Å². The zero-order valence-corrected chi connectivity index (χ0v) is 18.8. The van der Waals surface area contributed by atoms with E-state index in [1.54, 1.807) is 7.05 Å². The van der Waals surface area contributed by atoms with Crippen LogP contribution in [-0.2, 0) is 11.3 Å². The van der Waals surface area contributed by atoms with Crippen LogP contribution < -0.4 is 15.5 Å². The third-order valence-corrected chi connectivity index (χ3v) is 4.73. The summed E-state index contributed by atoms with van der Waals surface area (Å²) in [6, 6.07) is 8.90. The number of anilines is 1. The van der Waals surface area contributed by atoms with Gasteiger partial charge in [-0.2, -0.15) is 0 Å². The van der Waals surface area contributed by atoms with Gasteiger partial charge in [0.15, 0.2) is 5.96 Å². The molecule has 0 bridgehead atoms. The fourth-order valence-corrected chi connectivity index (χ4v) is 3.02. The summed E-state index contributed by atoms with van der Waals surface area (Å²) in [5.41, 5.74) is 2.61. The molecule has 0 unspecified atom stereocenters. The summed E-state index contributed by atoms with van der Waals surface area (Å²) in [5, 5.41) is 6.68. The van der Waals surface area contributed by atoms with Gasteiger partial charge in [-0.3, -0.25) is 4.99 Å². The largest absolute Gasteiger partial charge is 0.382 e. The van der Waals surface area contributed by atoms with E-state index in [0.29, 0.717) is 0 Å². The summed E-state index contributed by atoms with van der Waals surface area (Å²) in [4.78, 5) is 6.76. The normalized spacial score (nSPS) is 15.5. The molecular weight excluding hydrogens is 439 g/mol. The number of aliphatic imine (C=N–C) groups is 1. The predicted octanol–water partition coefficient (Wildman–Crippen LogP) is 3.63. The van der Waals surface area contributed by atoms with Gasteiger partial charge in [0.1, 0.15) is 0 Å². The first-order valence-electron chi connectivity index (χ1n) is 9.59. The second kappa shape index (κ2) is 13.2. The van der Waals surface area contributed by atoms with Gasteiger partial charge < -0.3 is 20.3 Å². The van der Waals surface area contributed by atoms with Crippen molar-refractivity contribution >= 4 is 35.6 Å². The molecule has 148 valence electrons. The van der Waals surface area contributed by atoms with Gasteiger partial charge in [0.05, 0.1) is 0 Å². The van der Waals surface area contributed by atoms with Crippen LogP contribution in [-0.4, -0.2) is 45.9 Å². The van der Waals surface area contributed by atoms with E-state index in [1.165, 1.54) is 37.2 Å². The number of nitrogens with one attached hydrogen (secondary N) is 2. The minimum atomic E-state index is 0. The summed E-state index contributed by atoms with van der Waals surface area (Å²) in [6.07, 6.45) is 3.58. The second-order valence-electron chi connectivity index (χ2n) is 6.74. The van der Waals surface area contributed by atoms with Crippen LogP contribution in [0.3, 0.4) is 0 Å². The van der Waals surface area contributed by atoms with Crippen LogP contribution >= 0.6 is 24.0 Å². The van der Waals surface area contributed by atoms with Crippen LogP contribution in [0.2, 0.25) is 0 Å². The molecule has 1 fully saturated rings. The third kappa shape index (κ3) is 8.12. The van der Waals surface area contributed by atoms with E-state index < -0.39 is 0 Å². The molecule has 26 heavy (non-hydrogen) atoms. The van der Waals surface area contributed by atoms with E-state index in [0.717, 1.165) is 44.6 Å². The number of hydrogen-bond donors (Lipinski definition) is 2. The molecule has 0 aliphatic carbocycles. The van der Waals surface area contributed by atoms with Crippen LogP contribution in [0.4, 0.5) is 5.69 Å².